The summed E-state index contributed by atoms with van der Waals surface area (Å²) in [4.78, 5) is 14.3. The molecule has 86 valence electrons. The number of aromatic hydroxyl groups is 1. The molecule has 0 spiro atoms. The van der Waals surface area contributed by atoms with Gasteiger partial charge in [0.15, 0.2) is 0 Å². The molecule has 5 nitrogen and oxygen atoms in total. The first-order valence-corrected chi connectivity index (χ1v) is 5.84. The molecule has 0 radical (unpaired) electrons. The Morgan fingerprint density at radius 2 is 2.31 bits per heavy atom. The van der Waals surface area contributed by atoms with Crippen molar-refractivity contribution in [2.45, 2.75) is 6.54 Å². The van der Waals surface area contributed by atoms with Crippen LogP contribution in [0.4, 0.5) is 0 Å². The zero-order valence-electron chi connectivity index (χ0n) is 9.25. The van der Waals surface area contributed by atoms with Crippen LogP contribution in [0.2, 0.25) is 0 Å². The second-order valence-corrected chi connectivity index (χ2v) is 4.72. The summed E-state index contributed by atoms with van der Waals surface area (Å²) in [5.74, 6) is 0.0225. The molecule has 0 fully saturated rings. The second-order valence-electron chi connectivity index (χ2n) is 3.85. The van der Waals surface area contributed by atoms with Gasteiger partial charge >= 0.3 is 10.5 Å². The number of hydrogen-bond acceptors (Lipinski definition) is 4. The standard InChI is InChI=1S/C10H13N3O2S/c1-11(2)3-4-12-8(14)7-9(15)13-5-6-16-10(12)13/h5-7H,3-4H2,1-2H3/p+1. The molecule has 0 aliphatic heterocycles. The highest BCUT2D eigenvalue weighted by molar-refractivity contribution is 7.14. The van der Waals surface area contributed by atoms with E-state index in [1.54, 1.807) is 15.2 Å². The van der Waals surface area contributed by atoms with Gasteiger partial charge in [0, 0.05) is 11.9 Å². The van der Waals surface area contributed by atoms with Gasteiger partial charge in [0.1, 0.15) is 18.8 Å². The van der Waals surface area contributed by atoms with Gasteiger partial charge in [-0.15, -0.1) is 0 Å². The molecule has 2 aromatic heterocycles. The number of likely N-dealkylation sites (N-methyl/N-ethyl adjacent to an activating group) is 1. The van der Waals surface area contributed by atoms with Gasteiger partial charge in [0.25, 0.3) is 5.88 Å². The van der Waals surface area contributed by atoms with Crippen molar-refractivity contribution < 1.29 is 9.67 Å². The van der Waals surface area contributed by atoms with E-state index in [0.717, 1.165) is 11.5 Å². The molecule has 0 aliphatic rings. The highest BCUT2D eigenvalue weighted by Crippen LogP contribution is 2.07. The van der Waals surface area contributed by atoms with Crippen LogP contribution in [0, 0.1) is 0 Å². The molecule has 0 bridgehead atoms. The van der Waals surface area contributed by atoms with Crippen LogP contribution in [0.3, 0.4) is 0 Å². The zero-order chi connectivity index (χ0) is 11.7. The molecule has 0 aliphatic carbocycles. The number of nitrogens with zero attached hydrogens (tertiary/aromatic N) is 3. The molecule has 1 N–H and O–H groups in total. The Balaban J connectivity index is 2.50. The van der Waals surface area contributed by atoms with Gasteiger partial charge in [-0.05, 0) is 14.1 Å². The predicted molar refractivity (Wildman–Crippen MR) is 62.0 cm³/mol. The fourth-order valence-electron chi connectivity index (χ4n) is 1.50. The normalized spacial score (nSPS) is 11.4. The fourth-order valence-corrected chi connectivity index (χ4v) is 2.38. The van der Waals surface area contributed by atoms with Gasteiger partial charge < -0.3 is 10.0 Å². The molecule has 0 amide bonds. The maximum absolute atomic E-state index is 11.5. The predicted octanol–water partition coefficient (Wildman–Crippen LogP) is -0.0843. The zero-order valence-corrected chi connectivity index (χ0v) is 10.1. The van der Waals surface area contributed by atoms with Gasteiger partial charge in [-0.2, -0.15) is 8.97 Å². The van der Waals surface area contributed by atoms with Crippen molar-refractivity contribution in [3.8, 4) is 5.88 Å². The average molecular weight is 240 g/mol. The van der Waals surface area contributed by atoms with Crippen LogP contribution in [-0.2, 0) is 6.54 Å². The van der Waals surface area contributed by atoms with Crippen LogP contribution in [0.5, 0.6) is 5.88 Å². The van der Waals surface area contributed by atoms with Crippen LogP contribution in [-0.4, -0.2) is 35.0 Å². The van der Waals surface area contributed by atoms with Crippen LogP contribution in [0.15, 0.2) is 22.4 Å². The fraction of sp³-hybridized carbons (Fsp3) is 0.400. The van der Waals surface area contributed by atoms with Gasteiger partial charge in [-0.25, -0.2) is 4.79 Å². The largest absolute Gasteiger partial charge is 0.478 e. The number of rotatable bonds is 3. The Hall–Kier alpha value is -1.40. The van der Waals surface area contributed by atoms with E-state index in [1.165, 1.54) is 17.4 Å². The molecular weight excluding hydrogens is 226 g/mol. The summed E-state index contributed by atoms with van der Waals surface area (Å²) in [6.07, 6.45) is 1.72. The molecule has 16 heavy (non-hydrogen) atoms. The van der Waals surface area contributed by atoms with E-state index in [-0.39, 0.29) is 11.4 Å². The van der Waals surface area contributed by atoms with Crippen molar-refractivity contribution in [2.24, 2.45) is 0 Å². The van der Waals surface area contributed by atoms with E-state index in [1.807, 2.05) is 24.4 Å². The molecule has 0 aromatic carbocycles. The first-order valence-electron chi connectivity index (χ1n) is 4.96. The Labute approximate surface area is 96.8 Å². The maximum atomic E-state index is 11.5. The van der Waals surface area contributed by atoms with E-state index in [0.29, 0.717) is 6.54 Å². The summed E-state index contributed by atoms with van der Waals surface area (Å²) in [7, 11) is 3.94. The molecule has 0 atom stereocenters. The number of thiazole rings is 1. The summed E-state index contributed by atoms with van der Waals surface area (Å²) in [5.41, 5.74) is -0.199. The van der Waals surface area contributed by atoms with Gasteiger partial charge in [0.05, 0.1) is 0 Å². The molecule has 2 rings (SSSR count). The van der Waals surface area contributed by atoms with Crippen LogP contribution in [0.25, 0.3) is 4.96 Å². The summed E-state index contributed by atoms with van der Waals surface area (Å²) in [6, 6.07) is 1.25. The third kappa shape index (κ3) is 1.94. The van der Waals surface area contributed by atoms with E-state index < -0.39 is 0 Å². The Kier molecular flexibility index (Phi) is 2.93. The van der Waals surface area contributed by atoms with Crippen molar-refractivity contribution >= 4 is 16.3 Å². The lowest BCUT2D eigenvalue weighted by Gasteiger charge is -2.08. The van der Waals surface area contributed by atoms with E-state index in [2.05, 4.69) is 0 Å². The molecule has 2 heterocycles. The van der Waals surface area contributed by atoms with Crippen molar-refractivity contribution in [3.63, 3.8) is 0 Å². The third-order valence-corrected chi connectivity index (χ3v) is 3.24. The second kappa shape index (κ2) is 4.23. The number of hydrogen-bond donors (Lipinski definition) is 1. The topological polar surface area (TPSA) is 48.8 Å². The monoisotopic (exact) mass is 240 g/mol. The molecule has 2 aromatic rings. The summed E-state index contributed by atoms with van der Waals surface area (Å²) in [6.45, 7) is 1.47. The van der Waals surface area contributed by atoms with Crippen LogP contribution < -0.4 is 10.1 Å². The minimum absolute atomic E-state index is 0.0225. The van der Waals surface area contributed by atoms with Crippen LogP contribution >= 0.6 is 11.3 Å². The lowest BCUT2D eigenvalue weighted by atomic mass is 10.5. The maximum Gasteiger partial charge on any atom is 0.351 e. The quantitative estimate of drug-likeness (QED) is 0.763. The summed E-state index contributed by atoms with van der Waals surface area (Å²) < 4.78 is 3.28. The van der Waals surface area contributed by atoms with Crippen LogP contribution in [0.1, 0.15) is 0 Å². The third-order valence-electron chi connectivity index (χ3n) is 2.36. The van der Waals surface area contributed by atoms with E-state index in [4.69, 9.17) is 0 Å². The minimum Gasteiger partial charge on any atom is -0.478 e. The highest BCUT2D eigenvalue weighted by atomic mass is 32.1. The van der Waals surface area contributed by atoms with Crippen molar-refractivity contribution in [1.82, 2.24) is 9.30 Å². The Bertz CT molecular complexity index is 559. The minimum atomic E-state index is -0.199. The summed E-state index contributed by atoms with van der Waals surface area (Å²) >= 11 is 1.44. The Morgan fingerprint density at radius 1 is 1.56 bits per heavy atom. The van der Waals surface area contributed by atoms with Gasteiger partial charge in [0.2, 0.25) is 0 Å². The van der Waals surface area contributed by atoms with E-state index >= 15 is 0 Å². The van der Waals surface area contributed by atoms with Gasteiger partial charge in [-0.1, -0.05) is 11.3 Å². The average Bonchev–Trinajstić information content (AvgIpc) is 2.65. The molecule has 0 saturated heterocycles. The molecular formula is C10H14N3O2S+. The first-order chi connectivity index (χ1) is 7.59. The first kappa shape index (κ1) is 11.1. The lowest BCUT2D eigenvalue weighted by Crippen LogP contribution is -2.42. The van der Waals surface area contributed by atoms with Crippen molar-refractivity contribution in [2.75, 3.05) is 20.6 Å². The van der Waals surface area contributed by atoms with Crippen molar-refractivity contribution in [3.05, 3.63) is 28.0 Å². The highest BCUT2D eigenvalue weighted by Gasteiger charge is 2.17. The SMILES string of the molecule is CN(C)CC[n+]1c(O)cc(=O)n2ccsc21. The smallest absolute Gasteiger partial charge is 0.351 e. The molecule has 6 heteroatoms. The lowest BCUT2D eigenvalue weighted by molar-refractivity contribution is -0.678. The molecule has 0 saturated carbocycles. The van der Waals surface area contributed by atoms with Gasteiger partial charge in [-0.3, -0.25) is 0 Å². The number of aromatic nitrogens is 2. The summed E-state index contributed by atoms with van der Waals surface area (Å²) in [5, 5.41) is 11.6. The molecule has 0 unspecified atom stereocenters. The van der Waals surface area contributed by atoms with E-state index in [9.17, 15) is 9.90 Å². The van der Waals surface area contributed by atoms with Crippen molar-refractivity contribution in [1.29, 1.82) is 0 Å². The Morgan fingerprint density at radius 3 is 3.00 bits per heavy atom. The number of fused-ring (bicyclic) bond motifs is 1.